The summed E-state index contributed by atoms with van der Waals surface area (Å²) in [6, 6.07) is 1.38. The summed E-state index contributed by atoms with van der Waals surface area (Å²) in [5, 5.41) is 9.50. The number of rotatable bonds is 2. The van der Waals surface area contributed by atoms with E-state index in [1.807, 2.05) is 19.9 Å². The molecule has 4 nitrogen and oxygen atoms in total. The van der Waals surface area contributed by atoms with Crippen molar-refractivity contribution in [3.63, 3.8) is 0 Å². The lowest BCUT2D eigenvalue weighted by Crippen LogP contribution is -2.46. The Bertz CT molecular complexity index is 561. The molecule has 2 fully saturated rings. The minimum atomic E-state index is -0.859. The van der Waals surface area contributed by atoms with Crippen molar-refractivity contribution in [2.45, 2.75) is 58.0 Å². The maximum absolute atomic E-state index is 12.9. The summed E-state index contributed by atoms with van der Waals surface area (Å²) >= 11 is 1.48. The predicted molar refractivity (Wildman–Crippen MR) is 81.7 cm³/mol. The van der Waals surface area contributed by atoms with Gasteiger partial charge in [-0.25, -0.2) is 4.79 Å². The van der Waals surface area contributed by atoms with Gasteiger partial charge in [-0.15, -0.1) is 11.3 Å². The van der Waals surface area contributed by atoms with Crippen molar-refractivity contribution in [1.29, 1.82) is 0 Å². The van der Waals surface area contributed by atoms with Crippen LogP contribution in [0.25, 0.3) is 0 Å². The molecule has 2 aliphatic rings. The van der Waals surface area contributed by atoms with Crippen molar-refractivity contribution in [3.05, 3.63) is 21.4 Å². The summed E-state index contributed by atoms with van der Waals surface area (Å²) in [7, 11) is 0. The number of carboxylic acid groups (broad SMARTS) is 1. The highest BCUT2D eigenvalue weighted by Crippen LogP contribution is 2.41. The second-order valence-corrected chi connectivity index (χ2v) is 7.52. The lowest BCUT2D eigenvalue weighted by molar-refractivity contribution is -0.141. The van der Waals surface area contributed by atoms with Gasteiger partial charge in [-0.05, 0) is 50.7 Å². The summed E-state index contributed by atoms with van der Waals surface area (Å²) in [6.07, 6.45) is 4.88. The van der Waals surface area contributed by atoms with Gasteiger partial charge < -0.3 is 10.0 Å². The fourth-order valence-corrected chi connectivity index (χ4v) is 4.76. The van der Waals surface area contributed by atoms with Crippen LogP contribution >= 0.6 is 11.3 Å². The molecule has 1 saturated carbocycles. The summed E-state index contributed by atoms with van der Waals surface area (Å²) in [4.78, 5) is 27.9. The molecule has 0 aromatic carbocycles. The smallest absolute Gasteiger partial charge is 0.326 e. The fraction of sp³-hybridized carbons (Fsp3) is 0.625. The third-order valence-electron chi connectivity index (χ3n) is 4.98. The normalized spacial score (nSPS) is 28.5. The maximum Gasteiger partial charge on any atom is 0.326 e. The van der Waals surface area contributed by atoms with Crippen LogP contribution in [-0.2, 0) is 4.79 Å². The molecule has 1 aliphatic carbocycles. The first-order chi connectivity index (χ1) is 9.99. The molecule has 2 heterocycles. The number of likely N-dealkylation sites (tertiary alicyclic amines) is 1. The Labute approximate surface area is 128 Å². The average molecular weight is 307 g/mol. The molecular formula is C16H21NO3S. The third kappa shape index (κ3) is 2.48. The summed E-state index contributed by atoms with van der Waals surface area (Å²) in [5.74, 6) is -0.577. The Hall–Kier alpha value is -1.36. The van der Waals surface area contributed by atoms with Crippen LogP contribution in [-0.4, -0.2) is 34.0 Å². The molecule has 1 aromatic rings. The Morgan fingerprint density at radius 2 is 2.00 bits per heavy atom. The number of aryl methyl sites for hydroxylation is 2. The number of hydrogen-bond acceptors (Lipinski definition) is 3. The van der Waals surface area contributed by atoms with Gasteiger partial charge in [0.05, 0.1) is 4.88 Å². The maximum atomic E-state index is 12.9. The molecule has 5 heteroatoms. The topological polar surface area (TPSA) is 57.6 Å². The minimum absolute atomic E-state index is 0.0852. The van der Waals surface area contributed by atoms with E-state index in [1.165, 1.54) is 11.3 Å². The van der Waals surface area contributed by atoms with Gasteiger partial charge in [-0.2, -0.15) is 0 Å². The molecule has 1 saturated heterocycles. The molecule has 0 radical (unpaired) electrons. The van der Waals surface area contributed by atoms with Gasteiger partial charge in [0.15, 0.2) is 0 Å². The first-order valence-corrected chi connectivity index (χ1v) is 8.43. The molecule has 1 aromatic heterocycles. The number of carbonyl (C=O) groups excluding carboxylic acids is 1. The molecule has 0 spiro atoms. The minimum Gasteiger partial charge on any atom is -0.480 e. The van der Waals surface area contributed by atoms with Gasteiger partial charge >= 0.3 is 5.97 Å². The number of aliphatic carboxylic acids is 1. The van der Waals surface area contributed by atoms with Crippen molar-refractivity contribution in [2.24, 2.45) is 5.92 Å². The second kappa shape index (κ2) is 5.44. The highest BCUT2D eigenvalue weighted by Gasteiger charge is 2.47. The number of fused-ring (bicyclic) bond motifs is 1. The summed E-state index contributed by atoms with van der Waals surface area (Å²) in [5.41, 5.74) is 1.11. The van der Waals surface area contributed by atoms with Crippen molar-refractivity contribution < 1.29 is 14.7 Å². The number of nitrogens with zero attached hydrogens (tertiary/aromatic N) is 1. The van der Waals surface area contributed by atoms with Crippen LogP contribution in [0.5, 0.6) is 0 Å². The van der Waals surface area contributed by atoms with E-state index < -0.39 is 12.0 Å². The molecule has 3 atom stereocenters. The van der Waals surface area contributed by atoms with E-state index in [4.69, 9.17) is 0 Å². The quantitative estimate of drug-likeness (QED) is 0.912. The predicted octanol–water partition coefficient (Wildman–Crippen LogP) is 3.22. The molecule has 114 valence electrons. The fourth-order valence-electron chi connectivity index (χ4n) is 3.78. The van der Waals surface area contributed by atoms with E-state index in [9.17, 15) is 14.7 Å². The van der Waals surface area contributed by atoms with Crippen molar-refractivity contribution in [1.82, 2.24) is 4.90 Å². The zero-order valence-electron chi connectivity index (χ0n) is 12.5. The Kier molecular flexibility index (Phi) is 3.78. The third-order valence-corrected chi connectivity index (χ3v) is 6.12. The molecule has 0 bridgehead atoms. The van der Waals surface area contributed by atoms with Crippen molar-refractivity contribution >= 4 is 23.2 Å². The highest BCUT2D eigenvalue weighted by atomic mass is 32.1. The molecule has 1 amide bonds. The SMILES string of the molecule is Cc1cc(C(=O)N2C(C(=O)O)CC3CCCCC32)sc1C. The van der Waals surface area contributed by atoms with Crippen LogP contribution < -0.4 is 0 Å². The molecule has 3 unspecified atom stereocenters. The lowest BCUT2D eigenvalue weighted by Gasteiger charge is -2.32. The Morgan fingerprint density at radius 1 is 1.29 bits per heavy atom. The van der Waals surface area contributed by atoms with E-state index in [1.54, 1.807) is 4.90 Å². The zero-order valence-corrected chi connectivity index (χ0v) is 13.3. The van der Waals surface area contributed by atoms with Crippen LogP contribution in [0.3, 0.4) is 0 Å². The van der Waals surface area contributed by atoms with Crippen LogP contribution in [0.15, 0.2) is 6.07 Å². The van der Waals surface area contributed by atoms with E-state index in [2.05, 4.69) is 0 Å². The summed E-state index contributed by atoms with van der Waals surface area (Å²) in [6.45, 7) is 3.99. The Balaban J connectivity index is 1.92. The van der Waals surface area contributed by atoms with Gasteiger partial charge in [-0.3, -0.25) is 4.79 Å². The van der Waals surface area contributed by atoms with Gasteiger partial charge in [0.1, 0.15) is 6.04 Å². The van der Waals surface area contributed by atoms with Crippen molar-refractivity contribution in [3.8, 4) is 0 Å². The van der Waals surface area contributed by atoms with E-state index >= 15 is 0 Å². The number of hydrogen-bond donors (Lipinski definition) is 1. The van der Waals surface area contributed by atoms with E-state index in [0.29, 0.717) is 17.2 Å². The zero-order chi connectivity index (χ0) is 15.1. The molecule has 3 rings (SSSR count). The summed E-state index contributed by atoms with van der Waals surface area (Å²) < 4.78 is 0. The van der Waals surface area contributed by atoms with Crippen molar-refractivity contribution in [2.75, 3.05) is 0 Å². The van der Waals surface area contributed by atoms with Crippen LogP contribution in [0.1, 0.15) is 52.2 Å². The van der Waals surface area contributed by atoms with Crippen LogP contribution in [0.4, 0.5) is 0 Å². The Morgan fingerprint density at radius 3 is 2.62 bits per heavy atom. The van der Waals surface area contributed by atoms with Crippen LogP contribution in [0, 0.1) is 19.8 Å². The van der Waals surface area contributed by atoms with E-state index in [-0.39, 0.29) is 11.9 Å². The highest BCUT2D eigenvalue weighted by molar-refractivity contribution is 7.14. The second-order valence-electron chi connectivity index (χ2n) is 6.26. The molecule has 1 aliphatic heterocycles. The first-order valence-electron chi connectivity index (χ1n) is 7.61. The molecule has 1 N–H and O–H groups in total. The number of amides is 1. The molecule has 21 heavy (non-hydrogen) atoms. The van der Waals surface area contributed by atoms with Gasteiger partial charge in [0, 0.05) is 10.9 Å². The molecular weight excluding hydrogens is 286 g/mol. The lowest BCUT2D eigenvalue weighted by atomic mass is 9.85. The van der Waals surface area contributed by atoms with Gasteiger partial charge in [0.25, 0.3) is 5.91 Å². The number of carbonyl (C=O) groups is 2. The number of thiophene rings is 1. The first kappa shape index (κ1) is 14.6. The number of carboxylic acids is 1. The van der Waals surface area contributed by atoms with Gasteiger partial charge in [0.2, 0.25) is 0 Å². The standard InChI is InChI=1S/C16H21NO3S/c1-9-7-14(21-10(9)2)15(18)17-12-6-4-3-5-11(12)8-13(17)16(19)20/h7,11-13H,3-6,8H2,1-2H3,(H,19,20). The van der Waals surface area contributed by atoms with Crippen LogP contribution in [0.2, 0.25) is 0 Å². The largest absolute Gasteiger partial charge is 0.480 e. The monoisotopic (exact) mass is 307 g/mol. The van der Waals surface area contributed by atoms with Gasteiger partial charge in [-0.1, -0.05) is 12.8 Å². The average Bonchev–Trinajstić information content (AvgIpc) is 2.99. The van der Waals surface area contributed by atoms with E-state index in [0.717, 1.165) is 36.1 Å².